The number of hydrogen-bond donors (Lipinski definition) is 0. The average molecular weight is 381 g/mol. The summed E-state index contributed by atoms with van der Waals surface area (Å²) >= 11 is 1.65. The number of hydrogen-bond acceptors (Lipinski definition) is 5. The largest absolute Gasteiger partial charge is 0.494 e. The molecule has 0 saturated carbocycles. The third-order valence-corrected chi connectivity index (χ3v) is 5.72. The van der Waals surface area contributed by atoms with Gasteiger partial charge >= 0.3 is 0 Å². The zero-order valence-corrected chi connectivity index (χ0v) is 16.7. The molecule has 0 fully saturated rings. The van der Waals surface area contributed by atoms with E-state index in [0.29, 0.717) is 41.7 Å². The first kappa shape index (κ1) is 19.2. The van der Waals surface area contributed by atoms with Crippen LogP contribution in [0.15, 0.2) is 58.3 Å². The number of nitrogens with zero attached hydrogens (tertiary/aromatic N) is 1. The van der Waals surface area contributed by atoms with Crippen LogP contribution < -0.4 is 4.74 Å². The second-order valence-corrected chi connectivity index (χ2v) is 7.72. The van der Waals surface area contributed by atoms with E-state index in [1.807, 2.05) is 23.8 Å². The van der Waals surface area contributed by atoms with Crippen LogP contribution in [0.4, 0.5) is 0 Å². The summed E-state index contributed by atoms with van der Waals surface area (Å²) in [7, 11) is 0. The Morgan fingerprint density at radius 1 is 0.963 bits per heavy atom. The molecule has 5 heteroatoms. The van der Waals surface area contributed by atoms with Crippen LogP contribution in [0.5, 0.6) is 5.75 Å². The average Bonchev–Trinajstić information content (AvgIpc) is 3.18. The Morgan fingerprint density at radius 3 is 2.33 bits per heavy atom. The summed E-state index contributed by atoms with van der Waals surface area (Å²) in [4.78, 5) is 29.9. The van der Waals surface area contributed by atoms with Crippen LogP contribution in [0.2, 0.25) is 0 Å². The highest BCUT2D eigenvalue weighted by atomic mass is 32.1. The van der Waals surface area contributed by atoms with Gasteiger partial charge in [-0.3, -0.25) is 14.6 Å². The SMILES string of the molecule is CC1=C(C)C(=O)C(CCCOc2ccc(Cc3cncs3)cc2)=C(C)C1=O. The van der Waals surface area contributed by atoms with Crippen LogP contribution in [0.25, 0.3) is 0 Å². The number of thiazole rings is 1. The van der Waals surface area contributed by atoms with Gasteiger partial charge in [0.1, 0.15) is 5.75 Å². The molecular weight excluding hydrogens is 358 g/mol. The highest BCUT2D eigenvalue weighted by Gasteiger charge is 2.27. The molecule has 2 aromatic rings. The molecule has 1 aromatic carbocycles. The number of rotatable bonds is 7. The van der Waals surface area contributed by atoms with Gasteiger partial charge in [-0.2, -0.15) is 0 Å². The Labute approximate surface area is 163 Å². The summed E-state index contributed by atoms with van der Waals surface area (Å²) < 4.78 is 5.79. The fourth-order valence-electron chi connectivity index (χ4n) is 3.13. The molecule has 0 amide bonds. The quantitative estimate of drug-likeness (QED) is 0.515. The lowest BCUT2D eigenvalue weighted by molar-refractivity contribution is -0.116. The predicted molar refractivity (Wildman–Crippen MR) is 107 cm³/mol. The van der Waals surface area contributed by atoms with Crippen molar-refractivity contribution in [1.29, 1.82) is 0 Å². The smallest absolute Gasteiger partial charge is 0.185 e. The molecule has 140 valence electrons. The molecule has 0 bridgehead atoms. The Kier molecular flexibility index (Phi) is 6.01. The Morgan fingerprint density at radius 2 is 1.67 bits per heavy atom. The lowest BCUT2D eigenvalue weighted by Crippen LogP contribution is -2.21. The second-order valence-electron chi connectivity index (χ2n) is 6.75. The van der Waals surface area contributed by atoms with Gasteiger partial charge in [-0.15, -0.1) is 11.3 Å². The minimum Gasteiger partial charge on any atom is -0.494 e. The molecule has 27 heavy (non-hydrogen) atoms. The minimum atomic E-state index is -0.0143. The van der Waals surface area contributed by atoms with Crippen molar-refractivity contribution in [3.8, 4) is 5.75 Å². The lowest BCUT2D eigenvalue weighted by atomic mass is 9.84. The van der Waals surface area contributed by atoms with E-state index in [1.54, 1.807) is 32.1 Å². The maximum atomic E-state index is 12.4. The molecule has 0 spiro atoms. The van der Waals surface area contributed by atoms with Crippen molar-refractivity contribution in [3.05, 3.63) is 68.7 Å². The molecule has 1 aliphatic carbocycles. The number of aromatic nitrogens is 1. The van der Waals surface area contributed by atoms with E-state index in [0.717, 1.165) is 12.2 Å². The van der Waals surface area contributed by atoms with Crippen molar-refractivity contribution in [1.82, 2.24) is 4.98 Å². The summed E-state index contributed by atoms with van der Waals surface area (Å²) in [6.45, 7) is 5.70. The van der Waals surface area contributed by atoms with Gasteiger partial charge in [0.15, 0.2) is 11.6 Å². The van der Waals surface area contributed by atoms with E-state index in [-0.39, 0.29) is 11.6 Å². The summed E-state index contributed by atoms with van der Waals surface area (Å²) in [5, 5.41) is 0. The van der Waals surface area contributed by atoms with E-state index in [4.69, 9.17) is 4.74 Å². The van der Waals surface area contributed by atoms with Gasteiger partial charge in [-0.05, 0) is 51.3 Å². The van der Waals surface area contributed by atoms with Gasteiger partial charge in [0.2, 0.25) is 0 Å². The van der Waals surface area contributed by atoms with Gasteiger partial charge in [-0.1, -0.05) is 12.1 Å². The highest BCUT2D eigenvalue weighted by molar-refractivity contribution is 7.09. The van der Waals surface area contributed by atoms with Crippen molar-refractivity contribution >= 4 is 22.9 Å². The monoisotopic (exact) mass is 381 g/mol. The molecule has 4 nitrogen and oxygen atoms in total. The van der Waals surface area contributed by atoms with Crippen LogP contribution >= 0.6 is 11.3 Å². The lowest BCUT2D eigenvalue weighted by Gasteiger charge is -2.18. The fourth-order valence-corrected chi connectivity index (χ4v) is 3.76. The van der Waals surface area contributed by atoms with E-state index in [1.165, 1.54) is 10.4 Å². The first-order valence-corrected chi connectivity index (χ1v) is 9.91. The van der Waals surface area contributed by atoms with Crippen molar-refractivity contribution in [3.63, 3.8) is 0 Å². The first-order chi connectivity index (χ1) is 13.0. The molecule has 3 rings (SSSR count). The van der Waals surface area contributed by atoms with Gasteiger partial charge in [0, 0.05) is 39.8 Å². The molecule has 0 N–H and O–H groups in total. The predicted octanol–water partition coefficient (Wildman–Crippen LogP) is 4.70. The number of Topliss-reactive ketones (excluding diaryl/α,β-unsaturated/α-hetero) is 2. The van der Waals surface area contributed by atoms with Crippen LogP contribution in [0, 0.1) is 0 Å². The Hall–Kier alpha value is -2.53. The van der Waals surface area contributed by atoms with Crippen LogP contribution in [0.3, 0.4) is 0 Å². The van der Waals surface area contributed by atoms with E-state index in [9.17, 15) is 9.59 Å². The van der Waals surface area contributed by atoms with E-state index < -0.39 is 0 Å². The standard InChI is InChI=1S/C22H23NO3S/c1-14-15(2)22(25)20(16(3)21(14)24)5-4-10-26-18-8-6-17(7-9-18)11-19-12-23-13-27-19/h6-9,12-13H,4-5,10-11H2,1-3H3. The molecule has 0 unspecified atom stereocenters. The summed E-state index contributed by atoms with van der Waals surface area (Å²) in [5.74, 6) is 0.795. The van der Waals surface area contributed by atoms with Gasteiger partial charge < -0.3 is 4.74 Å². The van der Waals surface area contributed by atoms with Crippen LogP contribution in [-0.4, -0.2) is 23.2 Å². The number of allylic oxidation sites excluding steroid dienone is 4. The Balaban J connectivity index is 1.50. The second kappa shape index (κ2) is 8.44. The maximum absolute atomic E-state index is 12.4. The van der Waals surface area contributed by atoms with Crippen molar-refractivity contribution < 1.29 is 14.3 Å². The van der Waals surface area contributed by atoms with Gasteiger partial charge in [0.25, 0.3) is 0 Å². The maximum Gasteiger partial charge on any atom is 0.185 e. The molecule has 0 aliphatic heterocycles. The van der Waals surface area contributed by atoms with Crippen LogP contribution in [-0.2, 0) is 16.0 Å². The number of benzene rings is 1. The number of ether oxygens (including phenoxy) is 1. The molecule has 0 radical (unpaired) electrons. The number of ketones is 2. The number of carbonyl (C=O) groups is 2. The Bertz CT molecular complexity index is 906. The molecule has 1 heterocycles. The zero-order valence-electron chi connectivity index (χ0n) is 15.9. The van der Waals surface area contributed by atoms with Crippen LogP contribution in [0.1, 0.15) is 44.1 Å². The van der Waals surface area contributed by atoms with E-state index >= 15 is 0 Å². The molecule has 1 aromatic heterocycles. The summed E-state index contributed by atoms with van der Waals surface area (Å²) in [6, 6.07) is 8.04. The third-order valence-electron chi connectivity index (χ3n) is 4.94. The van der Waals surface area contributed by atoms with Gasteiger partial charge in [-0.25, -0.2) is 0 Å². The molecule has 0 atom stereocenters. The normalized spacial score (nSPS) is 14.9. The minimum absolute atomic E-state index is 0.00276. The third kappa shape index (κ3) is 4.42. The molecule has 0 saturated heterocycles. The summed E-state index contributed by atoms with van der Waals surface area (Å²) in [6.07, 6.45) is 4.02. The topological polar surface area (TPSA) is 56.3 Å². The van der Waals surface area contributed by atoms with Crippen molar-refractivity contribution in [2.45, 2.75) is 40.0 Å². The van der Waals surface area contributed by atoms with Crippen molar-refractivity contribution in [2.24, 2.45) is 0 Å². The highest BCUT2D eigenvalue weighted by Crippen LogP contribution is 2.27. The van der Waals surface area contributed by atoms with Crippen molar-refractivity contribution in [2.75, 3.05) is 6.61 Å². The zero-order chi connectivity index (χ0) is 19.4. The van der Waals surface area contributed by atoms with E-state index in [2.05, 4.69) is 17.1 Å². The number of carbonyl (C=O) groups excluding carboxylic acids is 2. The fraction of sp³-hybridized carbons (Fsp3) is 0.318. The summed E-state index contributed by atoms with van der Waals surface area (Å²) in [5.41, 5.74) is 5.40. The van der Waals surface area contributed by atoms with Gasteiger partial charge in [0.05, 0.1) is 12.1 Å². The molecule has 1 aliphatic rings. The first-order valence-electron chi connectivity index (χ1n) is 9.03. The molecular formula is C22H23NO3S.